The summed E-state index contributed by atoms with van der Waals surface area (Å²) in [6.45, 7) is 9.07. The summed E-state index contributed by atoms with van der Waals surface area (Å²) >= 11 is 0. The number of benzene rings is 1. The van der Waals surface area contributed by atoms with Crippen molar-refractivity contribution in [2.75, 3.05) is 50.8 Å². The lowest BCUT2D eigenvalue weighted by Crippen LogP contribution is -2.55. The molecule has 0 spiro atoms. The van der Waals surface area contributed by atoms with Crippen molar-refractivity contribution in [1.29, 1.82) is 0 Å². The molecular weight excluding hydrogens is 472 g/mol. The van der Waals surface area contributed by atoms with Gasteiger partial charge in [0.15, 0.2) is 17.0 Å². The van der Waals surface area contributed by atoms with Crippen molar-refractivity contribution >= 4 is 34.3 Å². The third kappa shape index (κ3) is 4.31. The molecule has 11 heteroatoms. The van der Waals surface area contributed by atoms with Crippen LogP contribution in [0.2, 0.25) is 0 Å². The van der Waals surface area contributed by atoms with Gasteiger partial charge in [0.1, 0.15) is 18.2 Å². The fraction of sp³-hybridized carbons (Fsp3) is 0.500. The second kappa shape index (κ2) is 9.71. The summed E-state index contributed by atoms with van der Waals surface area (Å²) in [7, 11) is 1.93. The molecule has 2 aliphatic rings. The van der Waals surface area contributed by atoms with Gasteiger partial charge >= 0.3 is 0 Å². The first-order valence-electron chi connectivity index (χ1n) is 12.9. The maximum atomic E-state index is 11.0. The maximum absolute atomic E-state index is 11.0. The minimum absolute atomic E-state index is 0.0220. The Morgan fingerprint density at radius 1 is 1.14 bits per heavy atom. The minimum atomic E-state index is 0.0220. The highest BCUT2D eigenvalue weighted by atomic mass is 16.5. The van der Waals surface area contributed by atoms with Crippen LogP contribution >= 0.6 is 0 Å². The summed E-state index contributed by atoms with van der Waals surface area (Å²) in [5, 5.41) is 0. The number of aldehydes is 1. The Labute approximate surface area is 215 Å². The van der Waals surface area contributed by atoms with Gasteiger partial charge in [0.25, 0.3) is 6.01 Å². The molecule has 6 rings (SSSR count). The number of para-hydroxylation sites is 2. The Kier molecular flexibility index (Phi) is 6.25. The van der Waals surface area contributed by atoms with E-state index in [1.165, 1.54) is 0 Å². The number of imidazole rings is 2. The van der Waals surface area contributed by atoms with Gasteiger partial charge in [0.2, 0.25) is 5.95 Å². The number of likely N-dealkylation sites (tertiary alicyclic amines) is 1. The maximum Gasteiger partial charge on any atom is 0.298 e. The van der Waals surface area contributed by atoms with E-state index in [-0.39, 0.29) is 12.0 Å². The standard InChI is InChI=1S/C26H32N8O3/c1-4-21-27-19-7-5-6-8-20(19)34(21)25-29-23-22(24(30-25)33-9-11-36-12-10-33)28-26(31(23)3)37-18-14-32(15-18)13-17(2)16-35/h5-8,16-18H,4,9-15H2,1-3H3. The predicted molar refractivity (Wildman–Crippen MR) is 139 cm³/mol. The van der Waals surface area contributed by atoms with Crippen LogP contribution in [0.1, 0.15) is 19.7 Å². The molecule has 37 heavy (non-hydrogen) atoms. The number of fused-ring (bicyclic) bond motifs is 2. The fourth-order valence-electron chi connectivity index (χ4n) is 5.10. The van der Waals surface area contributed by atoms with Crippen LogP contribution < -0.4 is 9.64 Å². The molecule has 194 valence electrons. The highest BCUT2D eigenvalue weighted by Gasteiger charge is 2.31. The average Bonchev–Trinajstić information content (AvgIpc) is 3.44. The predicted octanol–water partition coefficient (Wildman–Crippen LogP) is 2.00. The lowest BCUT2D eigenvalue weighted by atomic mass is 10.1. The van der Waals surface area contributed by atoms with Crippen LogP contribution in [0.3, 0.4) is 0 Å². The highest BCUT2D eigenvalue weighted by Crippen LogP contribution is 2.31. The zero-order valence-corrected chi connectivity index (χ0v) is 21.5. The molecule has 5 heterocycles. The van der Waals surface area contributed by atoms with Crippen molar-refractivity contribution in [2.45, 2.75) is 26.4 Å². The molecule has 1 unspecified atom stereocenters. The molecule has 0 radical (unpaired) electrons. The van der Waals surface area contributed by atoms with Crippen molar-refractivity contribution in [3.8, 4) is 12.0 Å². The van der Waals surface area contributed by atoms with Gasteiger partial charge in [-0.05, 0) is 12.1 Å². The third-order valence-corrected chi connectivity index (χ3v) is 7.08. The number of hydrogen-bond acceptors (Lipinski definition) is 9. The summed E-state index contributed by atoms with van der Waals surface area (Å²) in [6, 6.07) is 8.59. The molecule has 11 nitrogen and oxygen atoms in total. The monoisotopic (exact) mass is 504 g/mol. The van der Waals surface area contributed by atoms with E-state index in [1.54, 1.807) is 0 Å². The smallest absolute Gasteiger partial charge is 0.298 e. The summed E-state index contributed by atoms with van der Waals surface area (Å²) in [5.74, 6) is 2.29. The first-order valence-corrected chi connectivity index (χ1v) is 12.9. The Morgan fingerprint density at radius 3 is 2.68 bits per heavy atom. The van der Waals surface area contributed by atoms with E-state index < -0.39 is 0 Å². The molecule has 0 amide bonds. The Morgan fingerprint density at radius 2 is 1.92 bits per heavy atom. The number of carbonyl (C=O) groups excluding carboxylic acids is 1. The number of morpholine rings is 1. The van der Waals surface area contributed by atoms with Gasteiger partial charge < -0.3 is 19.2 Å². The summed E-state index contributed by atoms with van der Waals surface area (Å²) in [5.41, 5.74) is 3.33. The lowest BCUT2D eigenvalue weighted by molar-refractivity contribution is -0.112. The summed E-state index contributed by atoms with van der Waals surface area (Å²) in [6.07, 6.45) is 1.78. The number of nitrogens with zero attached hydrogens (tertiary/aromatic N) is 8. The second-order valence-corrected chi connectivity index (χ2v) is 9.85. The number of aromatic nitrogens is 6. The second-order valence-electron chi connectivity index (χ2n) is 9.85. The molecule has 2 fully saturated rings. The molecule has 0 aliphatic carbocycles. The van der Waals surface area contributed by atoms with Crippen LogP contribution in [0.15, 0.2) is 24.3 Å². The average molecular weight is 505 g/mol. The molecule has 0 bridgehead atoms. The van der Waals surface area contributed by atoms with Crippen LogP contribution in [-0.2, 0) is 23.0 Å². The largest absolute Gasteiger partial charge is 0.459 e. The molecule has 0 saturated carbocycles. The van der Waals surface area contributed by atoms with Gasteiger partial charge in [-0.15, -0.1) is 0 Å². The fourth-order valence-corrected chi connectivity index (χ4v) is 5.10. The van der Waals surface area contributed by atoms with Crippen molar-refractivity contribution in [3.63, 3.8) is 0 Å². The van der Waals surface area contributed by atoms with Crippen molar-refractivity contribution in [3.05, 3.63) is 30.1 Å². The van der Waals surface area contributed by atoms with E-state index in [1.807, 2.05) is 41.3 Å². The van der Waals surface area contributed by atoms with Crippen molar-refractivity contribution < 1.29 is 14.3 Å². The molecule has 2 aliphatic heterocycles. The van der Waals surface area contributed by atoms with E-state index in [0.29, 0.717) is 30.8 Å². The van der Waals surface area contributed by atoms with Gasteiger partial charge in [-0.1, -0.05) is 26.0 Å². The normalized spacial score (nSPS) is 17.9. The quantitative estimate of drug-likeness (QED) is 0.333. The van der Waals surface area contributed by atoms with Gasteiger partial charge in [-0.3, -0.25) is 14.0 Å². The highest BCUT2D eigenvalue weighted by molar-refractivity contribution is 5.86. The number of ether oxygens (including phenoxy) is 2. The molecule has 4 aromatic rings. The van der Waals surface area contributed by atoms with Crippen LogP contribution in [0.25, 0.3) is 28.1 Å². The SMILES string of the molecule is CCc1nc2ccccc2n1-c1nc(N2CCOCC2)c2nc(OC3CN(CC(C)C=O)C3)n(C)c2n1. The zero-order valence-electron chi connectivity index (χ0n) is 21.5. The van der Waals surface area contributed by atoms with Crippen molar-refractivity contribution in [1.82, 2.24) is 34.0 Å². The van der Waals surface area contributed by atoms with Crippen molar-refractivity contribution in [2.24, 2.45) is 13.0 Å². The van der Waals surface area contributed by atoms with E-state index in [9.17, 15) is 4.79 Å². The van der Waals surface area contributed by atoms with Crippen LogP contribution in [0, 0.1) is 5.92 Å². The van der Waals surface area contributed by atoms with Gasteiger partial charge in [-0.25, -0.2) is 4.98 Å². The summed E-state index contributed by atoms with van der Waals surface area (Å²) in [4.78, 5) is 35.2. The van der Waals surface area contributed by atoms with E-state index in [4.69, 9.17) is 29.4 Å². The first-order chi connectivity index (χ1) is 18.1. The molecular formula is C26H32N8O3. The van der Waals surface area contributed by atoms with E-state index >= 15 is 0 Å². The molecule has 2 saturated heterocycles. The van der Waals surface area contributed by atoms with Gasteiger partial charge in [0, 0.05) is 52.1 Å². The number of aryl methyl sites for hydroxylation is 2. The molecule has 1 atom stereocenters. The molecule has 1 aromatic carbocycles. The first kappa shape index (κ1) is 23.8. The minimum Gasteiger partial charge on any atom is -0.459 e. The lowest BCUT2D eigenvalue weighted by Gasteiger charge is -2.39. The Hall–Kier alpha value is -3.57. The number of rotatable bonds is 8. The number of carbonyl (C=O) groups is 1. The Bertz CT molecular complexity index is 1430. The van der Waals surface area contributed by atoms with E-state index in [2.05, 4.69) is 22.8 Å². The molecule has 0 N–H and O–H groups in total. The molecule has 3 aromatic heterocycles. The zero-order chi connectivity index (χ0) is 25.5. The van der Waals surface area contributed by atoms with Crippen LogP contribution in [-0.4, -0.2) is 92.3 Å². The van der Waals surface area contributed by atoms with Crippen LogP contribution in [0.4, 0.5) is 5.82 Å². The van der Waals surface area contributed by atoms with Gasteiger partial charge in [0.05, 0.1) is 24.2 Å². The van der Waals surface area contributed by atoms with E-state index in [0.717, 1.165) is 73.6 Å². The topological polar surface area (TPSA) is 103 Å². The number of hydrogen-bond donors (Lipinski definition) is 0. The summed E-state index contributed by atoms with van der Waals surface area (Å²) < 4.78 is 15.8. The van der Waals surface area contributed by atoms with Gasteiger partial charge in [-0.2, -0.15) is 15.0 Å². The third-order valence-electron chi connectivity index (χ3n) is 7.08. The number of anilines is 1. The Balaban J connectivity index is 1.40. The van der Waals surface area contributed by atoms with Crippen LogP contribution in [0.5, 0.6) is 6.01 Å².